The molecule has 0 aromatic carbocycles. The summed E-state index contributed by atoms with van der Waals surface area (Å²) < 4.78 is 1.74. The van der Waals surface area contributed by atoms with Crippen molar-refractivity contribution >= 4 is 18.1 Å². The maximum absolute atomic E-state index is 12.7. The van der Waals surface area contributed by atoms with E-state index in [0.717, 1.165) is 35.4 Å². The van der Waals surface area contributed by atoms with Crippen LogP contribution in [0.5, 0.6) is 0 Å². The first-order valence-corrected chi connectivity index (χ1v) is 9.13. The summed E-state index contributed by atoms with van der Waals surface area (Å²) >= 11 is 0. The summed E-state index contributed by atoms with van der Waals surface area (Å²) in [6.45, 7) is 6.18. The van der Waals surface area contributed by atoms with Crippen LogP contribution in [-0.2, 0) is 6.42 Å². The lowest BCUT2D eigenvalue weighted by atomic mass is 10.0. The van der Waals surface area contributed by atoms with Crippen molar-refractivity contribution in [2.45, 2.75) is 78.6 Å². The van der Waals surface area contributed by atoms with Crippen LogP contribution >= 0.6 is 12.4 Å². The summed E-state index contributed by atoms with van der Waals surface area (Å²) in [5.74, 6) is 0. The molecule has 2 aromatic heterocycles. The first-order chi connectivity index (χ1) is 11.1. The minimum Gasteiger partial charge on any atom is -0.269 e. The van der Waals surface area contributed by atoms with E-state index in [1.807, 2.05) is 32.0 Å². The lowest BCUT2D eigenvalue weighted by Crippen LogP contribution is -2.23. The van der Waals surface area contributed by atoms with Gasteiger partial charge >= 0.3 is 0 Å². The first kappa shape index (κ1) is 20.7. The number of hydrogen-bond acceptors (Lipinski definition) is 2. The van der Waals surface area contributed by atoms with E-state index in [1.54, 1.807) is 4.40 Å². The van der Waals surface area contributed by atoms with Crippen molar-refractivity contribution < 1.29 is 0 Å². The molecule has 4 heteroatoms. The van der Waals surface area contributed by atoms with Gasteiger partial charge in [0.15, 0.2) is 0 Å². The lowest BCUT2D eigenvalue weighted by Gasteiger charge is -2.10. The molecule has 2 aromatic rings. The molecule has 3 nitrogen and oxygen atoms in total. The average molecular weight is 351 g/mol. The van der Waals surface area contributed by atoms with Gasteiger partial charge in [-0.15, -0.1) is 12.4 Å². The predicted octanol–water partition coefficient (Wildman–Crippen LogP) is 5.42. The number of pyridine rings is 1. The average Bonchev–Trinajstić information content (AvgIpc) is 2.52. The van der Waals surface area contributed by atoms with Crippen LogP contribution in [0.4, 0.5) is 0 Å². The number of nitrogens with zero attached hydrogens (tertiary/aromatic N) is 2. The SMILES string of the molecule is CCCCCCCCCCc1c(C)nc2cccc(C)n2c1=O.Cl. The Labute approximate surface area is 151 Å². The maximum atomic E-state index is 12.7. The third-order valence-corrected chi connectivity index (χ3v) is 4.63. The van der Waals surface area contributed by atoms with Crippen molar-refractivity contribution in [2.75, 3.05) is 0 Å². The molecule has 0 N–H and O–H groups in total. The van der Waals surface area contributed by atoms with Crippen LogP contribution < -0.4 is 5.56 Å². The molecule has 0 atom stereocenters. The third kappa shape index (κ3) is 5.34. The van der Waals surface area contributed by atoms with Crippen LogP contribution in [0.1, 0.15) is 75.2 Å². The van der Waals surface area contributed by atoms with Crippen LogP contribution in [0.15, 0.2) is 23.0 Å². The molecule has 134 valence electrons. The normalized spacial score (nSPS) is 10.8. The Hall–Kier alpha value is -1.35. The van der Waals surface area contributed by atoms with Crippen LogP contribution in [0.2, 0.25) is 0 Å². The van der Waals surface area contributed by atoms with Crippen molar-refractivity contribution in [1.82, 2.24) is 9.38 Å². The van der Waals surface area contributed by atoms with E-state index >= 15 is 0 Å². The summed E-state index contributed by atoms with van der Waals surface area (Å²) in [7, 11) is 0. The Morgan fingerprint density at radius 2 is 1.58 bits per heavy atom. The van der Waals surface area contributed by atoms with Gasteiger partial charge in [0.2, 0.25) is 0 Å². The molecule has 0 amide bonds. The second-order valence-electron chi connectivity index (χ2n) is 6.57. The standard InChI is InChI=1S/C20H30N2O.ClH/c1-4-5-6-7-8-9-10-11-14-18-17(3)21-19-15-12-13-16(2)22(19)20(18)23;/h12-13,15H,4-11,14H2,1-3H3;1H. The molecule has 0 saturated carbocycles. The van der Waals surface area contributed by atoms with Crippen molar-refractivity contribution in [3.63, 3.8) is 0 Å². The quantitative estimate of drug-likeness (QED) is 0.566. The molecular weight excluding hydrogens is 320 g/mol. The lowest BCUT2D eigenvalue weighted by molar-refractivity contribution is 0.574. The van der Waals surface area contributed by atoms with Crippen molar-refractivity contribution in [2.24, 2.45) is 0 Å². The van der Waals surface area contributed by atoms with Crippen molar-refractivity contribution in [3.8, 4) is 0 Å². The van der Waals surface area contributed by atoms with E-state index in [2.05, 4.69) is 11.9 Å². The van der Waals surface area contributed by atoms with Crippen LogP contribution in [0.3, 0.4) is 0 Å². The highest BCUT2D eigenvalue weighted by Gasteiger charge is 2.10. The number of hydrogen-bond donors (Lipinski definition) is 0. The number of aryl methyl sites for hydroxylation is 2. The van der Waals surface area contributed by atoms with Crippen molar-refractivity contribution in [1.29, 1.82) is 0 Å². The van der Waals surface area contributed by atoms with Gasteiger partial charge in [-0.3, -0.25) is 9.20 Å². The molecule has 0 unspecified atom stereocenters. The predicted molar refractivity (Wildman–Crippen MR) is 104 cm³/mol. The molecule has 0 fully saturated rings. The zero-order chi connectivity index (χ0) is 16.7. The monoisotopic (exact) mass is 350 g/mol. The summed E-state index contributed by atoms with van der Waals surface area (Å²) in [5, 5.41) is 0. The molecule has 0 saturated heterocycles. The van der Waals surface area contributed by atoms with Gasteiger partial charge < -0.3 is 0 Å². The first-order valence-electron chi connectivity index (χ1n) is 9.13. The summed E-state index contributed by atoms with van der Waals surface area (Å²) in [5.41, 5.74) is 3.62. The van der Waals surface area contributed by atoms with E-state index in [1.165, 1.54) is 44.9 Å². The molecule has 2 rings (SSSR count). The van der Waals surface area contributed by atoms with Gasteiger partial charge in [0.05, 0.1) is 0 Å². The van der Waals surface area contributed by atoms with Gasteiger partial charge in [-0.05, 0) is 38.8 Å². The number of fused-ring (bicyclic) bond motifs is 1. The smallest absolute Gasteiger partial charge is 0.261 e. The second-order valence-corrected chi connectivity index (χ2v) is 6.57. The highest BCUT2D eigenvalue weighted by Crippen LogP contribution is 2.12. The Balaban J connectivity index is 0.00000288. The summed E-state index contributed by atoms with van der Waals surface area (Å²) in [6.07, 6.45) is 11.1. The zero-order valence-corrected chi connectivity index (χ0v) is 16.1. The summed E-state index contributed by atoms with van der Waals surface area (Å²) in [6, 6.07) is 5.82. The number of unbranched alkanes of at least 4 members (excludes halogenated alkanes) is 7. The zero-order valence-electron chi connectivity index (χ0n) is 15.3. The molecule has 24 heavy (non-hydrogen) atoms. The fourth-order valence-corrected chi connectivity index (χ4v) is 3.21. The molecule has 0 bridgehead atoms. The molecular formula is C20H31ClN2O. The Kier molecular flexibility index (Phi) is 9.05. The largest absolute Gasteiger partial charge is 0.269 e. The fraction of sp³-hybridized carbons (Fsp3) is 0.600. The third-order valence-electron chi connectivity index (χ3n) is 4.63. The van der Waals surface area contributed by atoms with Gasteiger partial charge in [-0.2, -0.15) is 0 Å². The van der Waals surface area contributed by atoms with Crippen molar-refractivity contribution in [3.05, 3.63) is 45.5 Å². The molecule has 0 radical (unpaired) electrons. The van der Waals surface area contributed by atoms with Crippen LogP contribution in [0.25, 0.3) is 5.65 Å². The van der Waals surface area contributed by atoms with Gasteiger partial charge in [-0.1, -0.05) is 57.9 Å². The molecule has 2 heterocycles. The fourth-order valence-electron chi connectivity index (χ4n) is 3.21. The molecule has 0 aliphatic heterocycles. The minimum atomic E-state index is 0. The van der Waals surface area contributed by atoms with Gasteiger partial charge in [0.1, 0.15) is 5.65 Å². The number of rotatable bonds is 9. The van der Waals surface area contributed by atoms with E-state index in [0.29, 0.717) is 0 Å². The van der Waals surface area contributed by atoms with E-state index < -0.39 is 0 Å². The second kappa shape index (κ2) is 10.5. The van der Waals surface area contributed by atoms with E-state index in [-0.39, 0.29) is 18.0 Å². The topological polar surface area (TPSA) is 34.4 Å². The maximum Gasteiger partial charge on any atom is 0.261 e. The van der Waals surface area contributed by atoms with Crippen LogP contribution in [0, 0.1) is 13.8 Å². The Morgan fingerprint density at radius 1 is 0.958 bits per heavy atom. The Bertz CT molecular complexity index is 694. The highest BCUT2D eigenvalue weighted by molar-refractivity contribution is 5.85. The number of halogens is 1. The van der Waals surface area contributed by atoms with Gasteiger partial charge in [0.25, 0.3) is 5.56 Å². The Morgan fingerprint density at radius 3 is 2.25 bits per heavy atom. The van der Waals surface area contributed by atoms with Gasteiger partial charge in [0, 0.05) is 17.0 Å². The van der Waals surface area contributed by atoms with E-state index in [4.69, 9.17) is 0 Å². The molecule has 0 spiro atoms. The summed E-state index contributed by atoms with van der Waals surface area (Å²) in [4.78, 5) is 17.3. The molecule has 0 aliphatic carbocycles. The molecule has 0 aliphatic rings. The van der Waals surface area contributed by atoms with Crippen LogP contribution in [-0.4, -0.2) is 9.38 Å². The minimum absolute atomic E-state index is 0. The van der Waals surface area contributed by atoms with E-state index in [9.17, 15) is 4.79 Å². The highest BCUT2D eigenvalue weighted by atomic mass is 35.5. The van der Waals surface area contributed by atoms with Gasteiger partial charge in [-0.25, -0.2) is 4.98 Å². The number of aromatic nitrogens is 2.